The first-order valence-electron chi connectivity index (χ1n) is 6.62. The second-order valence-electron chi connectivity index (χ2n) is 4.95. The molecule has 4 heteroatoms. The number of hydrogen-bond donors (Lipinski definition) is 1. The molecule has 0 spiro atoms. The van der Waals surface area contributed by atoms with Gasteiger partial charge < -0.3 is 14.8 Å². The summed E-state index contributed by atoms with van der Waals surface area (Å²) in [5, 5.41) is 3.46. The summed E-state index contributed by atoms with van der Waals surface area (Å²) in [4.78, 5) is 4.26. The monoisotopic (exact) mass is 250 g/mol. The van der Waals surface area contributed by atoms with Gasteiger partial charge in [0, 0.05) is 19.2 Å². The Kier molecular flexibility index (Phi) is 4.81. The Balaban J connectivity index is 1.75. The van der Waals surface area contributed by atoms with Crippen LogP contribution in [-0.4, -0.2) is 31.3 Å². The lowest BCUT2D eigenvalue weighted by molar-refractivity contribution is 0.144. The molecular formula is C14H22N2O2. The van der Waals surface area contributed by atoms with Crippen LogP contribution >= 0.6 is 0 Å². The minimum absolute atomic E-state index is 0.513. The molecule has 1 aromatic heterocycles. The van der Waals surface area contributed by atoms with Crippen LogP contribution in [0.3, 0.4) is 0 Å². The summed E-state index contributed by atoms with van der Waals surface area (Å²) in [6.07, 6.45) is 5.88. The van der Waals surface area contributed by atoms with Crippen LogP contribution in [0.5, 0.6) is 5.88 Å². The van der Waals surface area contributed by atoms with E-state index < -0.39 is 0 Å². The minimum Gasteiger partial charge on any atom is -0.475 e. The summed E-state index contributed by atoms with van der Waals surface area (Å²) in [5.41, 5.74) is 1.06. The van der Waals surface area contributed by atoms with Gasteiger partial charge in [-0.2, -0.15) is 0 Å². The van der Waals surface area contributed by atoms with Crippen LogP contribution in [0.1, 0.15) is 26.2 Å². The number of nitrogens with zero attached hydrogens (tertiary/aromatic N) is 1. The maximum absolute atomic E-state index is 5.42. The first kappa shape index (κ1) is 13.1. The topological polar surface area (TPSA) is 43.4 Å². The molecule has 1 heterocycles. The van der Waals surface area contributed by atoms with Gasteiger partial charge >= 0.3 is 0 Å². The lowest BCUT2D eigenvalue weighted by Gasteiger charge is -2.14. The Hall–Kier alpha value is -1.29. The number of aromatic nitrogens is 1. The van der Waals surface area contributed by atoms with Crippen molar-refractivity contribution in [1.82, 2.24) is 4.98 Å². The molecule has 1 aliphatic carbocycles. The molecule has 2 rings (SSSR count). The molecule has 0 bridgehead atoms. The summed E-state index contributed by atoms with van der Waals surface area (Å²) >= 11 is 0. The molecule has 0 aliphatic heterocycles. The van der Waals surface area contributed by atoms with Gasteiger partial charge in [0.2, 0.25) is 5.88 Å². The summed E-state index contributed by atoms with van der Waals surface area (Å²) in [7, 11) is 1.66. The Labute approximate surface area is 109 Å². The predicted molar refractivity (Wildman–Crippen MR) is 72.0 cm³/mol. The van der Waals surface area contributed by atoms with Crippen molar-refractivity contribution in [3.8, 4) is 5.88 Å². The molecule has 0 amide bonds. The van der Waals surface area contributed by atoms with Crippen LogP contribution in [0, 0.1) is 5.92 Å². The van der Waals surface area contributed by atoms with Crippen LogP contribution in [0.15, 0.2) is 18.3 Å². The molecule has 0 radical (unpaired) electrons. The molecule has 1 unspecified atom stereocenters. The van der Waals surface area contributed by atoms with Gasteiger partial charge in [0.05, 0.1) is 18.5 Å². The average molecular weight is 250 g/mol. The summed E-state index contributed by atoms with van der Waals surface area (Å²) in [6, 6.07) is 4.42. The van der Waals surface area contributed by atoms with E-state index in [0.29, 0.717) is 25.1 Å². The molecule has 1 fully saturated rings. The Morgan fingerprint density at radius 2 is 2.22 bits per heavy atom. The van der Waals surface area contributed by atoms with Gasteiger partial charge in [-0.25, -0.2) is 4.98 Å². The molecule has 1 aliphatic rings. The highest BCUT2D eigenvalue weighted by atomic mass is 16.5. The van der Waals surface area contributed by atoms with Crippen molar-refractivity contribution in [2.45, 2.75) is 32.2 Å². The molecule has 1 saturated carbocycles. The largest absolute Gasteiger partial charge is 0.475 e. The Bertz CT molecular complexity index is 349. The van der Waals surface area contributed by atoms with Crippen LogP contribution in [0.2, 0.25) is 0 Å². The van der Waals surface area contributed by atoms with E-state index in [1.165, 1.54) is 19.3 Å². The van der Waals surface area contributed by atoms with E-state index in [1.807, 2.05) is 18.3 Å². The third-order valence-corrected chi connectivity index (χ3v) is 3.07. The molecule has 1 aromatic rings. The van der Waals surface area contributed by atoms with Crippen LogP contribution in [0.25, 0.3) is 0 Å². The quantitative estimate of drug-likeness (QED) is 0.720. The second kappa shape index (κ2) is 6.59. The maximum atomic E-state index is 5.42. The summed E-state index contributed by atoms with van der Waals surface area (Å²) in [6.45, 7) is 3.34. The normalized spacial score (nSPS) is 16.3. The number of nitrogens with one attached hydrogen (secondary N) is 1. The van der Waals surface area contributed by atoms with Gasteiger partial charge in [-0.15, -0.1) is 0 Å². The zero-order valence-electron chi connectivity index (χ0n) is 11.2. The van der Waals surface area contributed by atoms with Gasteiger partial charge in [0.1, 0.15) is 6.61 Å². The molecule has 0 aromatic carbocycles. The van der Waals surface area contributed by atoms with E-state index in [9.17, 15) is 0 Å². The van der Waals surface area contributed by atoms with E-state index in [0.717, 1.165) is 11.6 Å². The number of rotatable bonds is 8. The number of ether oxygens (including phenoxy) is 2. The highest BCUT2D eigenvalue weighted by Crippen LogP contribution is 2.34. The van der Waals surface area contributed by atoms with Crippen LogP contribution in [-0.2, 0) is 4.74 Å². The van der Waals surface area contributed by atoms with Crippen LogP contribution in [0.4, 0.5) is 5.69 Å². The average Bonchev–Trinajstić information content (AvgIpc) is 3.15. The van der Waals surface area contributed by atoms with Crippen molar-refractivity contribution in [3.63, 3.8) is 0 Å². The zero-order valence-corrected chi connectivity index (χ0v) is 11.2. The van der Waals surface area contributed by atoms with Crippen molar-refractivity contribution in [2.24, 2.45) is 5.92 Å². The highest BCUT2D eigenvalue weighted by Gasteiger charge is 2.23. The van der Waals surface area contributed by atoms with E-state index >= 15 is 0 Å². The third kappa shape index (κ3) is 4.53. The maximum Gasteiger partial charge on any atom is 0.213 e. The highest BCUT2D eigenvalue weighted by molar-refractivity contribution is 5.42. The number of anilines is 1. The fraction of sp³-hybridized carbons (Fsp3) is 0.643. The Morgan fingerprint density at radius 1 is 1.39 bits per heavy atom. The lowest BCUT2D eigenvalue weighted by atomic mass is 10.1. The molecule has 4 nitrogen and oxygen atoms in total. The van der Waals surface area contributed by atoms with Gasteiger partial charge in [-0.05, 0) is 25.3 Å². The molecule has 0 saturated heterocycles. The SMILES string of the molecule is COCCOc1ccc(NC(C)CC2CC2)cn1. The van der Waals surface area contributed by atoms with Crippen molar-refractivity contribution in [3.05, 3.63) is 18.3 Å². The zero-order chi connectivity index (χ0) is 12.8. The Morgan fingerprint density at radius 3 is 2.83 bits per heavy atom. The number of methoxy groups -OCH3 is 1. The standard InChI is InChI=1S/C14H22N2O2/c1-11(9-12-3-4-12)16-13-5-6-14(15-10-13)18-8-7-17-2/h5-6,10-12,16H,3-4,7-9H2,1-2H3. The number of hydrogen-bond acceptors (Lipinski definition) is 4. The van der Waals surface area contributed by atoms with Crippen molar-refractivity contribution in [2.75, 3.05) is 25.6 Å². The lowest BCUT2D eigenvalue weighted by Crippen LogP contribution is -2.15. The molecule has 1 N–H and O–H groups in total. The molecular weight excluding hydrogens is 228 g/mol. The van der Waals surface area contributed by atoms with Crippen molar-refractivity contribution in [1.29, 1.82) is 0 Å². The van der Waals surface area contributed by atoms with Gasteiger partial charge in [-0.3, -0.25) is 0 Å². The molecule has 100 valence electrons. The van der Waals surface area contributed by atoms with E-state index in [2.05, 4.69) is 17.2 Å². The summed E-state index contributed by atoms with van der Waals surface area (Å²) < 4.78 is 10.3. The van der Waals surface area contributed by atoms with Gasteiger partial charge in [0.15, 0.2) is 0 Å². The molecule has 18 heavy (non-hydrogen) atoms. The van der Waals surface area contributed by atoms with Gasteiger partial charge in [0.25, 0.3) is 0 Å². The smallest absolute Gasteiger partial charge is 0.213 e. The summed E-state index contributed by atoms with van der Waals surface area (Å²) in [5.74, 6) is 1.59. The van der Waals surface area contributed by atoms with E-state index in [-0.39, 0.29) is 0 Å². The van der Waals surface area contributed by atoms with Gasteiger partial charge in [-0.1, -0.05) is 12.8 Å². The molecule has 1 atom stereocenters. The van der Waals surface area contributed by atoms with Crippen molar-refractivity contribution >= 4 is 5.69 Å². The first-order valence-corrected chi connectivity index (χ1v) is 6.62. The fourth-order valence-corrected chi connectivity index (χ4v) is 1.98. The number of pyridine rings is 1. The van der Waals surface area contributed by atoms with E-state index in [4.69, 9.17) is 9.47 Å². The van der Waals surface area contributed by atoms with Crippen LogP contribution < -0.4 is 10.1 Å². The minimum atomic E-state index is 0.513. The predicted octanol–water partition coefficient (Wildman–Crippen LogP) is 2.71. The second-order valence-corrected chi connectivity index (χ2v) is 4.95. The van der Waals surface area contributed by atoms with Crippen molar-refractivity contribution < 1.29 is 9.47 Å². The first-order chi connectivity index (χ1) is 8.78. The fourth-order valence-electron chi connectivity index (χ4n) is 1.98. The third-order valence-electron chi connectivity index (χ3n) is 3.07. The van der Waals surface area contributed by atoms with E-state index in [1.54, 1.807) is 7.11 Å².